The average molecular weight is 214 g/mol. The molecule has 0 amide bonds. The first-order valence-corrected chi connectivity index (χ1v) is 5.85. The van der Waals surface area contributed by atoms with Gasteiger partial charge in [0, 0.05) is 19.1 Å². The number of hydrogen-bond donors (Lipinski definition) is 2. The van der Waals surface area contributed by atoms with Crippen molar-refractivity contribution < 1.29 is 9.84 Å². The molecule has 0 aromatic carbocycles. The van der Waals surface area contributed by atoms with Gasteiger partial charge in [-0.1, -0.05) is 0 Å². The summed E-state index contributed by atoms with van der Waals surface area (Å²) in [4.78, 5) is 2.37. The van der Waals surface area contributed by atoms with E-state index in [1.54, 1.807) is 0 Å². The molecule has 2 aliphatic heterocycles. The summed E-state index contributed by atoms with van der Waals surface area (Å²) in [7, 11) is 2.17. The van der Waals surface area contributed by atoms with Crippen LogP contribution in [0.4, 0.5) is 0 Å². The molecule has 0 bridgehead atoms. The molecule has 4 nitrogen and oxygen atoms in total. The van der Waals surface area contributed by atoms with Gasteiger partial charge in [0.2, 0.25) is 0 Å². The third kappa shape index (κ3) is 2.69. The van der Waals surface area contributed by atoms with Crippen molar-refractivity contribution in [2.24, 2.45) is 5.41 Å². The van der Waals surface area contributed by atoms with Crippen LogP contribution in [0.1, 0.15) is 12.8 Å². The van der Waals surface area contributed by atoms with Crippen molar-refractivity contribution in [2.75, 3.05) is 46.5 Å². The first-order chi connectivity index (χ1) is 7.24. The number of piperidine rings is 1. The van der Waals surface area contributed by atoms with E-state index < -0.39 is 0 Å². The molecule has 0 radical (unpaired) electrons. The minimum Gasteiger partial charge on any atom is -0.396 e. The molecule has 2 N–H and O–H groups in total. The highest BCUT2D eigenvalue weighted by Gasteiger charge is 2.38. The molecule has 4 heteroatoms. The van der Waals surface area contributed by atoms with Gasteiger partial charge in [-0.15, -0.1) is 0 Å². The molecule has 0 aliphatic carbocycles. The molecule has 2 saturated heterocycles. The maximum atomic E-state index is 9.29. The van der Waals surface area contributed by atoms with Gasteiger partial charge in [0.1, 0.15) is 0 Å². The van der Waals surface area contributed by atoms with Gasteiger partial charge in [0.15, 0.2) is 0 Å². The third-order valence-electron chi connectivity index (χ3n) is 3.54. The van der Waals surface area contributed by atoms with Crippen LogP contribution in [0.5, 0.6) is 0 Å². The van der Waals surface area contributed by atoms with E-state index in [1.165, 1.54) is 19.4 Å². The predicted molar refractivity (Wildman–Crippen MR) is 58.9 cm³/mol. The van der Waals surface area contributed by atoms with Gasteiger partial charge in [-0.25, -0.2) is 0 Å². The standard InChI is InChI=1S/C11H22N2O2/c1-13-4-2-3-10(5-13)12-6-11(7-14)8-15-9-11/h10,12,14H,2-9H2,1H3. The second-order valence-corrected chi connectivity index (χ2v) is 5.13. The monoisotopic (exact) mass is 214 g/mol. The van der Waals surface area contributed by atoms with E-state index in [0.717, 1.165) is 13.1 Å². The predicted octanol–water partition coefficient (Wildman–Crippen LogP) is -0.321. The molecule has 2 fully saturated rings. The minimum absolute atomic E-state index is 0.00994. The summed E-state index contributed by atoms with van der Waals surface area (Å²) in [5, 5.41) is 12.9. The Morgan fingerprint density at radius 3 is 2.87 bits per heavy atom. The zero-order valence-corrected chi connectivity index (χ0v) is 9.54. The highest BCUT2D eigenvalue weighted by atomic mass is 16.5. The lowest BCUT2D eigenvalue weighted by Gasteiger charge is -2.42. The Balaban J connectivity index is 1.72. The van der Waals surface area contributed by atoms with Crippen molar-refractivity contribution in [3.63, 3.8) is 0 Å². The van der Waals surface area contributed by atoms with Gasteiger partial charge < -0.3 is 20.1 Å². The van der Waals surface area contributed by atoms with E-state index in [-0.39, 0.29) is 12.0 Å². The molecule has 88 valence electrons. The van der Waals surface area contributed by atoms with Crippen molar-refractivity contribution >= 4 is 0 Å². The molecule has 15 heavy (non-hydrogen) atoms. The summed E-state index contributed by atoms with van der Waals surface area (Å²) in [6.07, 6.45) is 2.53. The summed E-state index contributed by atoms with van der Waals surface area (Å²) in [6.45, 7) is 4.89. The topological polar surface area (TPSA) is 44.7 Å². The first kappa shape index (κ1) is 11.3. The Labute approximate surface area is 91.6 Å². The summed E-state index contributed by atoms with van der Waals surface area (Å²) in [5.74, 6) is 0. The SMILES string of the molecule is CN1CCCC(NCC2(CO)COC2)C1. The van der Waals surface area contributed by atoms with Crippen molar-refractivity contribution in [3.8, 4) is 0 Å². The largest absolute Gasteiger partial charge is 0.396 e. The van der Waals surface area contributed by atoms with E-state index in [2.05, 4.69) is 17.3 Å². The van der Waals surface area contributed by atoms with Gasteiger partial charge in [-0.2, -0.15) is 0 Å². The van der Waals surface area contributed by atoms with Crippen LogP contribution in [0.25, 0.3) is 0 Å². The molecular weight excluding hydrogens is 192 g/mol. The number of hydrogen-bond acceptors (Lipinski definition) is 4. The number of ether oxygens (including phenoxy) is 1. The lowest BCUT2D eigenvalue weighted by molar-refractivity contribution is -0.135. The summed E-state index contributed by atoms with van der Waals surface area (Å²) in [5.41, 5.74) is 0.00994. The van der Waals surface area contributed by atoms with Gasteiger partial charge in [0.05, 0.1) is 25.2 Å². The van der Waals surface area contributed by atoms with Crippen LogP contribution in [0.2, 0.25) is 0 Å². The fourth-order valence-corrected chi connectivity index (χ4v) is 2.33. The Bertz CT molecular complexity index is 201. The summed E-state index contributed by atoms with van der Waals surface area (Å²) >= 11 is 0. The molecule has 2 aliphatic rings. The van der Waals surface area contributed by atoms with E-state index in [4.69, 9.17) is 4.74 Å². The summed E-state index contributed by atoms with van der Waals surface area (Å²) in [6, 6.07) is 0.591. The molecule has 1 unspecified atom stereocenters. The van der Waals surface area contributed by atoms with Crippen LogP contribution in [0, 0.1) is 5.41 Å². The molecule has 2 heterocycles. The first-order valence-electron chi connectivity index (χ1n) is 5.85. The van der Waals surface area contributed by atoms with Crippen LogP contribution >= 0.6 is 0 Å². The lowest BCUT2D eigenvalue weighted by Crippen LogP contribution is -2.55. The number of likely N-dealkylation sites (N-methyl/N-ethyl adjacent to an activating group) is 1. The van der Waals surface area contributed by atoms with Crippen molar-refractivity contribution in [1.82, 2.24) is 10.2 Å². The van der Waals surface area contributed by atoms with Gasteiger partial charge in [-0.3, -0.25) is 0 Å². The Kier molecular flexibility index (Phi) is 3.61. The normalized spacial score (nSPS) is 31.2. The number of aliphatic hydroxyl groups is 1. The second-order valence-electron chi connectivity index (χ2n) is 5.13. The maximum Gasteiger partial charge on any atom is 0.0579 e. The fourth-order valence-electron chi connectivity index (χ4n) is 2.33. The zero-order chi connectivity index (χ0) is 10.7. The molecule has 0 saturated carbocycles. The number of nitrogens with one attached hydrogen (secondary N) is 1. The van der Waals surface area contributed by atoms with Gasteiger partial charge >= 0.3 is 0 Å². The van der Waals surface area contributed by atoms with Crippen LogP contribution in [0.3, 0.4) is 0 Å². The molecule has 0 aromatic rings. The fraction of sp³-hybridized carbons (Fsp3) is 1.00. The minimum atomic E-state index is 0.00994. The van der Waals surface area contributed by atoms with Gasteiger partial charge in [-0.05, 0) is 26.4 Å². The summed E-state index contributed by atoms with van der Waals surface area (Å²) < 4.78 is 5.18. The van der Waals surface area contributed by atoms with Gasteiger partial charge in [0.25, 0.3) is 0 Å². The van der Waals surface area contributed by atoms with Crippen molar-refractivity contribution in [3.05, 3.63) is 0 Å². The van der Waals surface area contributed by atoms with Crippen molar-refractivity contribution in [2.45, 2.75) is 18.9 Å². The van der Waals surface area contributed by atoms with Crippen LogP contribution < -0.4 is 5.32 Å². The van der Waals surface area contributed by atoms with Crippen LogP contribution in [-0.2, 0) is 4.74 Å². The van der Waals surface area contributed by atoms with Crippen LogP contribution in [0.15, 0.2) is 0 Å². The number of rotatable bonds is 4. The van der Waals surface area contributed by atoms with E-state index in [0.29, 0.717) is 19.3 Å². The molecule has 2 rings (SSSR count). The zero-order valence-electron chi connectivity index (χ0n) is 9.54. The second kappa shape index (κ2) is 4.78. The number of aliphatic hydroxyl groups excluding tert-OH is 1. The highest BCUT2D eigenvalue weighted by Crippen LogP contribution is 2.26. The van der Waals surface area contributed by atoms with Crippen molar-refractivity contribution in [1.29, 1.82) is 0 Å². The Morgan fingerprint density at radius 2 is 2.33 bits per heavy atom. The lowest BCUT2D eigenvalue weighted by atomic mass is 9.86. The molecule has 0 aromatic heterocycles. The van der Waals surface area contributed by atoms with E-state index in [1.807, 2.05) is 0 Å². The molecule has 1 atom stereocenters. The quantitative estimate of drug-likeness (QED) is 0.673. The highest BCUT2D eigenvalue weighted by molar-refractivity contribution is 4.89. The maximum absolute atomic E-state index is 9.29. The van der Waals surface area contributed by atoms with E-state index in [9.17, 15) is 5.11 Å². The van der Waals surface area contributed by atoms with Crippen LogP contribution in [-0.4, -0.2) is 62.6 Å². The smallest absolute Gasteiger partial charge is 0.0579 e. The molecule has 0 spiro atoms. The number of likely N-dealkylation sites (tertiary alicyclic amines) is 1. The number of nitrogens with zero attached hydrogens (tertiary/aromatic N) is 1. The van der Waals surface area contributed by atoms with E-state index >= 15 is 0 Å². The Morgan fingerprint density at radius 1 is 1.53 bits per heavy atom. The molecular formula is C11H22N2O2. The Hall–Kier alpha value is -0.160. The average Bonchev–Trinajstić information content (AvgIpc) is 2.17. The third-order valence-corrected chi connectivity index (χ3v) is 3.54.